The summed E-state index contributed by atoms with van der Waals surface area (Å²) in [5.41, 5.74) is 3.55. The van der Waals surface area contributed by atoms with Crippen LogP contribution in [0.2, 0.25) is 0 Å². The number of halogens is 1. The van der Waals surface area contributed by atoms with Crippen LogP contribution in [0.15, 0.2) is 65.8 Å². The zero-order chi connectivity index (χ0) is 24.5. The van der Waals surface area contributed by atoms with Crippen molar-refractivity contribution in [3.63, 3.8) is 0 Å². The molecule has 0 fully saturated rings. The number of carbonyl (C=O) groups excluding carboxylic acids is 3. The number of carbonyl (C=O) groups is 3. The van der Waals surface area contributed by atoms with Crippen LogP contribution in [0.5, 0.6) is 0 Å². The summed E-state index contributed by atoms with van der Waals surface area (Å²) in [5.74, 6) is -1.11. The molecule has 0 aliphatic carbocycles. The first kappa shape index (κ1) is 22.6. The van der Waals surface area contributed by atoms with E-state index < -0.39 is 36.7 Å². The largest absolute Gasteiger partial charge is 0.462 e. The van der Waals surface area contributed by atoms with Crippen LogP contribution in [0.3, 0.4) is 0 Å². The van der Waals surface area contributed by atoms with Crippen molar-refractivity contribution in [3.8, 4) is 0 Å². The molecule has 0 radical (unpaired) electrons. The van der Waals surface area contributed by atoms with E-state index in [4.69, 9.17) is 27.3 Å². The van der Waals surface area contributed by atoms with Crippen LogP contribution in [-0.4, -0.2) is 36.7 Å². The van der Waals surface area contributed by atoms with E-state index in [2.05, 4.69) is 16.1 Å². The molecule has 2 aromatic carbocycles. The summed E-state index contributed by atoms with van der Waals surface area (Å²) in [6, 6.07) is 13.6. The topological polar surface area (TPSA) is 115 Å². The first-order chi connectivity index (χ1) is 16.4. The monoisotopic (exact) mass is 474 g/mol. The Morgan fingerprint density at radius 3 is 2.67 bits per heavy atom. The van der Waals surface area contributed by atoms with Crippen molar-refractivity contribution < 1.29 is 30.1 Å². The van der Waals surface area contributed by atoms with Crippen molar-refractivity contribution in [2.45, 2.75) is 32.1 Å². The Morgan fingerprint density at radius 1 is 1.18 bits per heavy atom. The molecule has 174 valence electrons. The molecule has 0 saturated heterocycles. The smallest absolute Gasteiger partial charge is 0.408 e. The van der Waals surface area contributed by atoms with Crippen molar-refractivity contribution in [1.29, 1.82) is 0 Å². The molecule has 3 N–H and O–H groups in total. The van der Waals surface area contributed by atoms with Crippen LogP contribution in [0, 0.1) is 0 Å². The number of esters is 1. The van der Waals surface area contributed by atoms with Gasteiger partial charge in [0.25, 0.3) is 0 Å². The van der Waals surface area contributed by atoms with Gasteiger partial charge in [0.2, 0.25) is 5.91 Å². The predicted molar refractivity (Wildman–Crippen MR) is 121 cm³/mol. The Hall–Kier alpha value is -3.56. The lowest BCUT2D eigenvalue weighted by atomic mass is 10.1. The maximum absolute atomic E-state index is 13.0. The zero-order valence-corrected chi connectivity index (χ0v) is 18.5. The zero-order valence-electron chi connectivity index (χ0n) is 18.7. The second-order valence-electron chi connectivity index (χ2n) is 6.93. The Morgan fingerprint density at radius 2 is 1.97 bits per heavy atom. The molecule has 33 heavy (non-hydrogen) atoms. The molecular formula is C23H24ClN3O6. The highest BCUT2D eigenvalue weighted by Crippen LogP contribution is 2.17. The van der Waals surface area contributed by atoms with E-state index in [1.807, 2.05) is 0 Å². The van der Waals surface area contributed by atoms with Gasteiger partial charge in [0.1, 0.15) is 23.9 Å². The van der Waals surface area contributed by atoms with Gasteiger partial charge in [0.05, 0.1) is 13.5 Å². The van der Waals surface area contributed by atoms with Crippen molar-refractivity contribution in [3.05, 3.63) is 77.0 Å². The summed E-state index contributed by atoms with van der Waals surface area (Å²) in [6.07, 6.45) is 0.0177. The molecule has 10 heteroatoms. The van der Waals surface area contributed by atoms with E-state index in [0.29, 0.717) is 11.3 Å². The number of nitrogens with one attached hydrogen (secondary N) is 3. The molecule has 2 unspecified atom stereocenters. The summed E-state index contributed by atoms with van der Waals surface area (Å²) in [5, 5.41) is 5.39. The molecule has 0 bridgehead atoms. The average Bonchev–Trinajstić information content (AvgIpc) is 3.24. The van der Waals surface area contributed by atoms with Crippen LogP contribution < -0.4 is 16.1 Å². The minimum atomic E-state index is -1.27. The average molecular weight is 475 g/mol. The molecule has 1 aliphatic heterocycles. The molecule has 0 aromatic heterocycles. The highest BCUT2D eigenvalue weighted by molar-refractivity contribution is 6.29. The van der Waals surface area contributed by atoms with Crippen molar-refractivity contribution in [2.24, 2.45) is 0 Å². The number of ether oxygens (including phenoxy) is 2. The molecule has 2 amide bonds. The fourth-order valence-electron chi connectivity index (χ4n) is 2.94. The summed E-state index contributed by atoms with van der Waals surface area (Å²) < 4.78 is 18.1. The molecule has 0 spiro atoms. The third kappa shape index (κ3) is 7.51. The Bertz CT molecular complexity index is 1050. The number of alkyl carbamates (subject to hydrolysis) is 1. The Labute approximate surface area is 197 Å². The molecule has 1 aliphatic rings. The number of hydroxylamine groups is 1. The predicted octanol–water partition coefficient (Wildman–Crippen LogP) is 3.47. The van der Waals surface area contributed by atoms with E-state index in [1.165, 1.54) is 6.07 Å². The van der Waals surface area contributed by atoms with Crippen LogP contribution in [0.4, 0.5) is 10.5 Å². The SMILES string of the molecule is [2H]C(OC(=O)N[C@@H](CC1C=C(Cl)NO1)C(=O)Nc1cccc(C(=O)OCC)c1)c1ccccc1. The maximum Gasteiger partial charge on any atom is 0.408 e. The van der Waals surface area contributed by atoms with E-state index in [1.54, 1.807) is 61.5 Å². The highest BCUT2D eigenvalue weighted by atomic mass is 35.5. The van der Waals surface area contributed by atoms with E-state index in [9.17, 15) is 14.4 Å². The van der Waals surface area contributed by atoms with Gasteiger partial charge in [-0.2, -0.15) is 0 Å². The Balaban J connectivity index is 1.69. The van der Waals surface area contributed by atoms with Gasteiger partial charge >= 0.3 is 12.1 Å². The van der Waals surface area contributed by atoms with E-state index in [-0.39, 0.29) is 23.7 Å². The molecule has 3 atom stereocenters. The van der Waals surface area contributed by atoms with Crippen LogP contribution in [0.25, 0.3) is 0 Å². The number of hydrogen-bond donors (Lipinski definition) is 3. The number of rotatable bonds is 9. The van der Waals surface area contributed by atoms with E-state index in [0.717, 1.165) is 0 Å². The minimum Gasteiger partial charge on any atom is -0.462 e. The van der Waals surface area contributed by atoms with Crippen LogP contribution in [0.1, 0.15) is 30.6 Å². The second kappa shape index (κ2) is 11.9. The Kier molecular flexibility index (Phi) is 8.15. The lowest BCUT2D eigenvalue weighted by Gasteiger charge is -2.20. The van der Waals surface area contributed by atoms with Crippen molar-refractivity contribution in [1.82, 2.24) is 10.8 Å². The summed E-state index contributed by atoms with van der Waals surface area (Å²) in [7, 11) is 0. The first-order valence-corrected chi connectivity index (χ1v) is 10.5. The molecule has 3 rings (SSSR count). The van der Waals surface area contributed by atoms with Gasteiger partial charge in [0, 0.05) is 12.1 Å². The highest BCUT2D eigenvalue weighted by Gasteiger charge is 2.28. The fraction of sp³-hybridized carbons (Fsp3) is 0.261. The lowest BCUT2D eigenvalue weighted by Crippen LogP contribution is -2.46. The van der Waals surface area contributed by atoms with Gasteiger partial charge in [-0.3, -0.25) is 15.1 Å². The molecule has 1 heterocycles. The van der Waals surface area contributed by atoms with Gasteiger partial charge in [-0.1, -0.05) is 48.0 Å². The van der Waals surface area contributed by atoms with E-state index >= 15 is 0 Å². The van der Waals surface area contributed by atoms with Gasteiger partial charge in [-0.25, -0.2) is 9.59 Å². The quantitative estimate of drug-likeness (QED) is 0.376. The normalized spacial score (nSPS) is 17.0. The summed E-state index contributed by atoms with van der Waals surface area (Å²) >= 11 is 5.86. The van der Waals surface area contributed by atoms with Gasteiger partial charge in [-0.15, -0.1) is 0 Å². The fourth-order valence-corrected chi connectivity index (χ4v) is 3.13. The van der Waals surface area contributed by atoms with Gasteiger partial charge in [-0.05, 0) is 36.8 Å². The van der Waals surface area contributed by atoms with Crippen LogP contribution >= 0.6 is 11.6 Å². The molecular weight excluding hydrogens is 450 g/mol. The number of hydrogen-bond acceptors (Lipinski definition) is 7. The second-order valence-corrected chi connectivity index (χ2v) is 7.34. The summed E-state index contributed by atoms with van der Waals surface area (Å²) in [6.45, 7) is 0.637. The third-order valence-electron chi connectivity index (χ3n) is 4.46. The van der Waals surface area contributed by atoms with Crippen LogP contribution in [-0.2, 0) is 25.7 Å². The lowest BCUT2D eigenvalue weighted by molar-refractivity contribution is -0.119. The summed E-state index contributed by atoms with van der Waals surface area (Å²) in [4.78, 5) is 42.7. The van der Waals surface area contributed by atoms with Crippen molar-refractivity contribution >= 4 is 35.3 Å². The molecule has 0 saturated carbocycles. The number of benzene rings is 2. The minimum absolute atomic E-state index is 0.0235. The van der Waals surface area contributed by atoms with Crippen molar-refractivity contribution in [2.75, 3.05) is 11.9 Å². The molecule has 2 aromatic rings. The maximum atomic E-state index is 13.0. The first-order valence-electron chi connectivity index (χ1n) is 10.7. The standard InChI is InChI=1S/C23H24ClN3O6/c1-2-31-22(29)16-9-6-10-17(11-16)25-21(28)19(12-18-13-20(24)27-33-18)26-23(30)32-14-15-7-4-3-5-8-15/h3-11,13,18-19,27H,2,12,14H2,1H3,(H,25,28)(H,26,30)/t18?,19-/m0/s1/i14D/t14?,18?,19-. The number of anilines is 1. The van der Waals surface area contributed by atoms with Gasteiger partial charge in [0.15, 0.2) is 0 Å². The van der Waals surface area contributed by atoms with Gasteiger partial charge < -0.3 is 20.1 Å². The third-order valence-corrected chi connectivity index (χ3v) is 4.66. The molecule has 9 nitrogen and oxygen atoms in total. The number of amides is 2.